The molecule has 1 saturated carbocycles. The van der Waals surface area contributed by atoms with Crippen molar-refractivity contribution in [2.75, 3.05) is 39.4 Å². The third-order valence-corrected chi connectivity index (χ3v) is 3.30. The Balaban J connectivity index is 2.06. The van der Waals surface area contributed by atoms with Crippen molar-refractivity contribution in [2.45, 2.75) is 38.1 Å². The summed E-state index contributed by atoms with van der Waals surface area (Å²) in [5.74, 6) is 0. The van der Waals surface area contributed by atoms with Crippen molar-refractivity contribution in [2.24, 2.45) is 0 Å². The first kappa shape index (κ1) is 13.9. The van der Waals surface area contributed by atoms with Crippen LogP contribution in [0.1, 0.15) is 32.1 Å². The number of nitrogens with zero attached hydrogens (tertiary/aromatic N) is 1. The molecule has 4 nitrogen and oxygen atoms in total. The molecule has 16 heavy (non-hydrogen) atoms. The minimum absolute atomic E-state index is 0.170. The number of hydrogen-bond acceptors (Lipinski definition) is 4. The van der Waals surface area contributed by atoms with Gasteiger partial charge < -0.3 is 15.5 Å². The molecule has 0 aliphatic heterocycles. The van der Waals surface area contributed by atoms with Gasteiger partial charge in [0.2, 0.25) is 0 Å². The zero-order chi connectivity index (χ0) is 11.6. The van der Waals surface area contributed by atoms with E-state index in [1.807, 2.05) is 0 Å². The Kier molecular flexibility index (Phi) is 7.76. The van der Waals surface area contributed by atoms with Gasteiger partial charge in [-0.2, -0.15) is 0 Å². The van der Waals surface area contributed by atoms with E-state index >= 15 is 0 Å². The van der Waals surface area contributed by atoms with Crippen LogP contribution in [-0.4, -0.2) is 60.5 Å². The molecule has 0 heterocycles. The van der Waals surface area contributed by atoms with Crippen LogP contribution in [0.3, 0.4) is 0 Å². The van der Waals surface area contributed by atoms with Crippen LogP contribution >= 0.6 is 0 Å². The normalized spacial score (nSPS) is 18.2. The molecule has 0 aromatic heterocycles. The van der Waals surface area contributed by atoms with E-state index in [0.29, 0.717) is 19.1 Å². The van der Waals surface area contributed by atoms with Crippen molar-refractivity contribution >= 4 is 0 Å². The molecule has 0 spiro atoms. The Morgan fingerprint density at radius 2 is 1.56 bits per heavy atom. The second-order valence-corrected chi connectivity index (χ2v) is 4.58. The van der Waals surface area contributed by atoms with E-state index in [0.717, 1.165) is 13.1 Å². The predicted octanol–water partition coefficient (Wildman–Crippen LogP) is 0.195. The largest absolute Gasteiger partial charge is 0.395 e. The average molecular weight is 230 g/mol. The SMILES string of the molecule is OCCN(CCO)CCNC1CCCCC1. The van der Waals surface area contributed by atoms with E-state index in [1.54, 1.807) is 0 Å². The molecular weight excluding hydrogens is 204 g/mol. The molecule has 0 aromatic rings. The topological polar surface area (TPSA) is 55.7 Å². The lowest BCUT2D eigenvalue weighted by Gasteiger charge is -2.25. The fourth-order valence-electron chi connectivity index (χ4n) is 2.35. The van der Waals surface area contributed by atoms with Crippen LogP contribution in [0, 0.1) is 0 Å². The van der Waals surface area contributed by atoms with Gasteiger partial charge in [-0.1, -0.05) is 19.3 Å². The van der Waals surface area contributed by atoms with E-state index < -0.39 is 0 Å². The van der Waals surface area contributed by atoms with E-state index in [1.165, 1.54) is 32.1 Å². The maximum atomic E-state index is 8.87. The van der Waals surface area contributed by atoms with Crippen molar-refractivity contribution in [3.63, 3.8) is 0 Å². The van der Waals surface area contributed by atoms with E-state index in [-0.39, 0.29) is 13.2 Å². The van der Waals surface area contributed by atoms with Crippen LogP contribution < -0.4 is 5.32 Å². The van der Waals surface area contributed by atoms with Crippen LogP contribution in [0.2, 0.25) is 0 Å². The van der Waals surface area contributed by atoms with Crippen LogP contribution in [-0.2, 0) is 0 Å². The number of aliphatic hydroxyl groups excluding tert-OH is 2. The highest BCUT2D eigenvalue weighted by Gasteiger charge is 2.12. The number of aliphatic hydroxyl groups is 2. The second-order valence-electron chi connectivity index (χ2n) is 4.58. The molecule has 0 amide bonds. The molecule has 96 valence electrons. The summed E-state index contributed by atoms with van der Waals surface area (Å²) < 4.78 is 0. The Morgan fingerprint density at radius 3 is 2.12 bits per heavy atom. The van der Waals surface area contributed by atoms with Gasteiger partial charge in [0, 0.05) is 32.2 Å². The molecule has 1 aliphatic carbocycles. The Labute approximate surface area is 98.6 Å². The maximum absolute atomic E-state index is 8.87. The lowest BCUT2D eigenvalue weighted by Crippen LogP contribution is -2.40. The average Bonchev–Trinajstić information content (AvgIpc) is 2.31. The van der Waals surface area contributed by atoms with Gasteiger partial charge in [0.25, 0.3) is 0 Å². The fourth-order valence-corrected chi connectivity index (χ4v) is 2.35. The first-order valence-corrected chi connectivity index (χ1v) is 6.54. The summed E-state index contributed by atoms with van der Waals surface area (Å²) in [6.07, 6.45) is 6.71. The second kappa shape index (κ2) is 8.93. The van der Waals surface area contributed by atoms with Gasteiger partial charge in [-0.15, -0.1) is 0 Å². The lowest BCUT2D eigenvalue weighted by atomic mass is 9.95. The zero-order valence-electron chi connectivity index (χ0n) is 10.2. The quantitative estimate of drug-likeness (QED) is 0.557. The van der Waals surface area contributed by atoms with Gasteiger partial charge in [-0.25, -0.2) is 0 Å². The van der Waals surface area contributed by atoms with Gasteiger partial charge in [-0.05, 0) is 12.8 Å². The van der Waals surface area contributed by atoms with Gasteiger partial charge in [0.1, 0.15) is 0 Å². The van der Waals surface area contributed by atoms with E-state index in [9.17, 15) is 0 Å². The Morgan fingerprint density at radius 1 is 0.938 bits per heavy atom. The van der Waals surface area contributed by atoms with E-state index in [2.05, 4.69) is 10.2 Å². The molecule has 1 rings (SSSR count). The lowest BCUT2D eigenvalue weighted by molar-refractivity contribution is 0.159. The van der Waals surface area contributed by atoms with Gasteiger partial charge >= 0.3 is 0 Å². The molecular formula is C12H26N2O2. The molecule has 0 unspecified atom stereocenters. The molecule has 0 saturated heterocycles. The molecule has 1 fully saturated rings. The van der Waals surface area contributed by atoms with Crippen LogP contribution in [0.4, 0.5) is 0 Å². The van der Waals surface area contributed by atoms with Crippen LogP contribution in [0.5, 0.6) is 0 Å². The minimum atomic E-state index is 0.170. The summed E-state index contributed by atoms with van der Waals surface area (Å²) in [5, 5.41) is 21.3. The van der Waals surface area contributed by atoms with Gasteiger partial charge in [0.05, 0.1) is 13.2 Å². The van der Waals surface area contributed by atoms with Crippen molar-refractivity contribution in [3.05, 3.63) is 0 Å². The molecule has 0 bridgehead atoms. The van der Waals surface area contributed by atoms with Gasteiger partial charge in [0.15, 0.2) is 0 Å². The van der Waals surface area contributed by atoms with Crippen molar-refractivity contribution < 1.29 is 10.2 Å². The Hall–Kier alpha value is -0.160. The summed E-state index contributed by atoms with van der Waals surface area (Å²) in [7, 11) is 0. The first-order valence-electron chi connectivity index (χ1n) is 6.54. The minimum Gasteiger partial charge on any atom is -0.395 e. The Bertz CT molecular complexity index is 155. The van der Waals surface area contributed by atoms with Crippen LogP contribution in [0.25, 0.3) is 0 Å². The third kappa shape index (κ3) is 5.80. The highest BCUT2D eigenvalue weighted by Crippen LogP contribution is 2.16. The molecule has 1 aliphatic rings. The molecule has 3 N–H and O–H groups in total. The van der Waals surface area contributed by atoms with Crippen molar-refractivity contribution in [1.29, 1.82) is 0 Å². The van der Waals surface area contributed by atoms with Crippen LogP contribution in [0.15, 0.2) is 0 Å². The number of nitrogens with one attached hydrogen (secondary N) is 1. The summed E-state index contributed by atoms with van der Waals surface area (Å²) in [5.41, 5.74) is 0. The smallest absolute Gasteiger partial charge is 0.0558 e. The zero-order valence-corrected chi connectivity index (χ0v) is 10.2. The third-order valence-electron chi connectivity index (χ3n) is 3.30. The number of rotatable bonds is 8. The fraction of sp³-hybridized carbons (Fsp3) is 1.00. The maximum Gasteiger partial charge on any atom is 0.0558 e. The molecule has 0 atom stereocenters. The highest BCUT2D eigenvalue weighted by molar-refractivity contribution is 4.72. The van der Waals surface area contributed by atoms with Gasteiger partial charge in [-0.3, -0.25) is 4.90 Å². The molecule has 0 radical (unpaired) electrons. The number of hydrogen-bond donors (Lipinski definition) is 3. The van der Waals surface area contributed by atoms with Crippen molar-refractivity contribution in [1.82, 2.24) is 10.2 Å². The molecule has 4 heteroatoms. The highest BCUT2D eigenvalue weighted by atomic mass is 16.3. The molecule has 0 aromatic carbocycles. The summed E-state index contributed by atoms with van der Waals surface area (Å²) in [6, 6.07) is 0.693. The van der Waals surface area contributed by atoms with E-state index in [4.69, 9.17) is 10.2 Å². The summed E-state index contributed by atoms with van der Waals surface area (Å²) in [6.45, 7) is 3.54. The monoisotopic (exact) mass is 230 g/mol. The predicted molar refractivity (Wildman–Crippen MR) is 65.5 cm³/mol. The standard InChI is InChI=1S/C12H26N2O2/c15-10-8-14(9-11-16)7-6-13-12-4-2-1-3-5-12/h12-13,15-16H,1-11H2. The van der Waals surface area contributed by atoms with Crippen molar-refractivity contribution in [3.8, 4) is 0 Å². The summed E-state index contributed by atoms with van der Waals surface area (Å²) in [4.78, 5) is 2.09. The summed E-state index contributed by atoms with van der Waals surface area (Å²) >= 11 is 0. The first-order chi connectivity index (χ1) is 7.86.